The van der Waals surface area contributed by atoms with Crippen molar-refractivity contribution in [3.63, 3.8) is 0 Å². The summed E-state index contributed by atoms with van der Waals surface area (Å²) in [5.41, 5.74) is 1.73. The number of hydrogen-bond acceptors (Lipinski definition) is 2. The van der Waals surface area contributed by atoms with E-state index < -0.39 is 0 Å². The summed E-state index contributed by atoms with van der Waals surface area (Å²) < 4.78 is 14.2. The molecule has 1 heterocycles. The SMILES string of the molecule is CCCNC(c1sc(C)cc1C)c1c(F)cccc1Cl. The third-order valence-corrected chi connectivity index (χ3v) is 4.78. The maximum Gasteiger partial charge on any atom is 0.129 e. The van der Waals surface area contributed by atoms with Crippen molar-refractivity contribution in [2.75, 3.05) is 6.54 Å². The Morgan fingerprint density at radius 3 is 2.65 bits per heavy atom. The fourth-order valence-corrected chi connectivity index (χ4v) is 3.74. The Bertz CT molecular complexity index is 574. The lowest BCUT2D eigenvalue weighted by Gasteiger charge is -2.20. The van der Waals surface area contributed by atoms with Crippen LogP contribution in [0.4, 0.5) is 4.39 Å². The highest BCUT2D eigenvalue weighted by atomic mass is 35.5. The minimum Gasteiger partial charge on any atom is -0.305 e. The first kappa shape index (κ1) is 15.5. The summed E-state index contributed by atoms with van der Waals surface area (Å²) in [6.07, 6.45) is 0.992. The van der Waals surface area contributed by atoms with Crippen molar-refractivity contribution < 1.29 is 4.39 Å². The van der Waals surface area contributed by atoms with Crippen LogP contribution in [0.3, 0.4) is 0 Å². The summed E-state index contributed by atoms with van der Waals surface area (Å²) in [7, 11) is 0. The van der Waals surface area contributed by atoms with E-state index in [9.17, 15) is 4.39 Å². The quantitative estimate of drug-likeness (QED) is 0.795. The number of hydrogen-bond donors (Lipinski definition) is 1. The van der Waals surface area contributed by atoms with Gasteiger partial charge in [-0.05, 0) is 50.6 Å². The summed E-state index contributed by atoms with van der Waals surface area (Å²) >= 11 is 7.93. The van der Waals surface area contributed by atoms with E-state index >= 15 is 0 Å². The molecule has 1 nitrogen and oxygen atoms in total. The van der Waals surface area contributed by atoms with Gasteiger partial charge in [-0.1, -0.05) is 24.6 Å². The van der Waals surface area contributed by atoms with E-state index in [0.717, 1.165) is 17.8 Å². The Morgan fingerprint density at radius 1 is 1.35 bits per heavy atom. The summed E-state index contributed by atoms with van der Waals surface area (Å²) in [5.74, 6) is -0.253. The van der Waals surface area contributed by atoms with E-state index in [1.54, 1.807) is 23.5 Å². The Morgan fingerprint density at radius 2 is 2.10 bits per heavy atom. The van der Waals surface area contributed by atoms with Gasteiger partial charge in [-0.2, -0.15) is 0 Å². The van der Waals surface area contributed by atoms with Gasteiger partial charge < -0.3 is 5.32 Å². The molecule has 0 saturated carbocycles. The van der Waals surface area contributed by atoms with Crippen LogP contribution in [-0.4, -0.2) is 6.54 Å². The fourth-order valence-electron chi connectivity index (χ4n) is 2.35. The normalized spacial score (nSPS) is 12.7. The first-order valence-electron chi connectivity index (χ1n) is 6.78. The zero-order chi connectivity index (χ0) is 14.7. The predicted octanol–water partition coefficient (Wildman–Crippen LogP) is 5.25. The van der Waals surface area contributed by atoms with Crippen molar-refractivity contribution in [3.8, 4) is 0 Å². The molecule has 108 valence electrons. The Kier molecular flexibility index (Phi) is 5.19. The van der Waals surface area contributed by atoms with Crippen LogP contribution < -0.4 is 5.32 Å². The van der Waals surface area contributed by atoms with Gasteiger partial charge in [0.1, 0.15) is 5.82 Å². The Hall–Kier alpha value is -0.900. The summed E-state index contributed by atoms with van der Waals surface area (Å²) in [4.78, 5) is 2.37. The van der Waals surface area contributed by atoms with Gasteiger partial charge in [-0.15, -0.1) is 11.3 Å². The van der Waals surface area contributed by atoms with Crippen LogP contribution in [0.2, 0.25) is 5.02 Å². The van der Waals surface area contributed by atoms with Gasteiger partial charge in [0.15, 0.2) is 0 Å². The van der Waals surface area contributed by atoms with Crippen LogP contribution in [-0.2, 0) is 0 Å². The van der Waals surface area contributed by atoms with E-state index in [1.807, 2.05) is 0 Å². The van der Waals surface area contributed by atoms with Gasteiger partial charge in [0.2, 0.25) is 0 Å². The van der Waals surface area contributed by atoms with Gasteiger partial charge in [0, 0.05) is 20.3 Å². The summed E-state index contributed by atoms with van der Waals surface area (Å²) in [6.45, 7) is 7.06. The molecule has 0 bridgehead atoms. The molecule has 1 unspecified atom stereocenters. The van der Waals surface area contributed by atoms with E-state index in [1.165, 1.54) is 16.5 Å². The molecular formula is C16H19ClFNS. The molecule has 0 aliphatic carbocycles. The number of aryl methyl sites for hydroxylation is 2. The highest BCUT2D eigenvalue weighted by molar-refractivity contribution is 7.12. The molecule has 1 atom stereocenters. The average Bonchev–Trinajstić information content (AvgIpc) is 2.72. The Labute approximate surface area is 128 Å². The first-order chi connectivity index (χ1) is 9.54. The smallest absolute Gasteiger partial charge is 0.129 e. The second-order valence-corrected chi connectivity index (χ2v) is 6.62. The molecule has 0 saturated heterocycles. The van der Waals surface area contributed by atoms with Gasteiger partial charge in [-0.25, -0.2) is 4.39 Å². The third kappa shape index (κ3) is 3.22. The van der Waals surface area contributed by atoms with Crippen LogP contribution in [0.1, 0.15) is 40.3 Å². The number of nitrogens with one attached hydrogen (secondary N) is 1. The molecule has 2 rings (SSSR count). The first-order valence-corrected chi connectivity index (χ1v) is 7.98. The third-order valence-electron chi connectivity index (χ3n) is 3.23. The molecule has 0 radical (unpaired) electrons. The van der Waals surface area contributed by atoms with Crippen molar-refractivity contribution >= 4 is 22.9 Å². The lowest BCUT2D eigenvalue weighted by Crippen LogP contribution is -2.24. The van der Waals surface area contributed by atoms with E-state index in [-0.39, 0.29) is 11.9 Å². The minimum absolute atomic E-state index is 0.178. The maximum absolute atomic E-state index is 14.2. The van der Waals surface area contributed by atoms with Crippen molar-refractivity contribution in [2.24, 2.45) is 0 Å². The monoisotopic (exact) mass is 311 g/mol. The van der Waals surface area contributed by atoms with Crippen LogP contribution in [0, 0.1) is 19.7 Å². The summed E-state index contributed by atoms with van der Waals surface area (Å²) in [6, 6.07) is 6.82. The molecule has 0 fully saturated rings. The molecule has 1 aromatic carbocycles. The molecule has 1 N–H and O–H groups in total. The molecule has 0 aliphatic rings. The molecule has 2 aromatic rings. The molecule has 0 amide bonds. The largest absolute Gasteiger partial charge is 0.305 e. The molecule has 4 heteroatoms. The van der Waals surface area contributed by atoms with Gasteiger partial charge in [0.05, 0.1) is 6.04 Å². The molecular weight excluding hydrogens is 293 g/mol. The number of rotatable bonds is 5. The molecule has 1 aromatic heterocycles. The highest BCUT2D eigenvalue weighted by Crippen LogP contribution is 2.36. The zero-order valence-corrected chi connectivity index (χ0v) is 13.5. The maximum atomic E-state index is 14.2. The Balaban J connectivity index is 2.50. The minimum atomic E-state index is -0.253. The van der Waals surface area contributed by atoms with Crippen molar-refractivity contribution in [1.29, 1.82) is 0 Å². The average molecular weight is 312 g/mol. The number of thiophene rings is 1. The standard InChI is InChI=1S/C16H19ClFNS/c1-4-8-19-15(16-10(2)9-11(3)20-16)14-12(17)6-5-7-13(14)18/h5-7,9,15,19H,4,8H2,1-3H3. The lowest BCUT2D eigenvalue weighted by atomic mass is 10.0. The van der Waals surface area contributed by atoms with Crippen LogP contribution >= 0.6 is 22.9 Å². The topological polar surface area (TPSA) is 12.0 Å². The van der Waals surface area contributed by atoms with Crippen molar-refractivity contribution in [3.05, 3.63) is 56.0 Å². The lowest BCUT2D eigenvalue weighted by molar-refractivity contribution is 0.550. The van der Waals surface area contributed by atoms with Gasteiger partial charge in [-0.3, -0.25) is 0 Å². The molecule has 0 spiro atoms. The van der Waals surface area contributed by atoms with Crippen LogP contribution in [0.25, 0.3) is 0 Å². The second kappa shape index (κ2) is 6.70. The van der Waals surface area contributed by atoms with E-state index in [2.05, 4.69) is 32.2 Å². The van der Waals surface area contributed by atoms with E-state index in [4.69, 9.17) is 11.6 Å². The second-order valence-electron chi connectivity index (χ2n) is 4.93. The van der Waals surface area contributed by atoms with E-state index in [0.29, 0.717) is 10.6 Å². The summed E-state index contributed by atoms with van der Waals surface area (Å²) in [5, 5.41) is 3.90. The predicted molar refractivity (Wildman–Crippen MR) is 85.3 cm³/mol. The zero-order valence-electron chi connectivity index (χ0n) is 12.0. The molecule has 0 aliphatic heterocycles. The fraction of sp³-hybridized carbons (Fsp3) is 0.375. The number of halogens is 2. The number of benzene rings is 1. The van der Waals surface area contributed by atoms with Crippen LogP contribution in [0.15, 0.2) is 24.3 Å². The van der Waals surface area contributed by atoms with Crippen LogP contribution in [0.5, 0.6) is 0 Å². The van der Waals surface area contributed by atoms with Gasteiger partial charge >= 0.3 is 0 Å². The highest BCUT2D eigenvalue weighted by Gasteiger charge is 2.23. The van der Waals surface area contributed by atoms with Crippen molar-refractivity contribution in [2.45, 2.75) is 33.2 Å². The van der Waals surface area contributed by atoms with Gasteiger partial charge in [0.25, 0.3) is 0 Å². The van der Waals surface area contributed by atoms with Crippen molar-refractivity contribution in [1.82, 2.24) is 5.32 Å². The molecule has 20 heavy (non-hydrogen) atoms.